The lowest BCUT2D eigenvalue weighted by Crippen LogP contribution is -2.45. The third-order valence-electron chi connectivity index (χ3n) is 5.82. The molecule has 0 radical (unpaired) electrons. The van der Waals surface area contributed by atoms with Crippen molar-refractivity contribution in [2.75, 3.05) is 19.6 Å². The molecule has 2 aromatic carbocycles. The maximum absolute atomic E-state index is 12.8. The van der Waals surface area contributed by atoms with Crippen LogP contribution in [-0.4, -0.2) is 51.4 Å². The molecule has 2 heterocycles. The van der Waals surface area contributed by atoms with Crippen molar-refractivity contribution in [1.82, 2.24) is 9.80 Å². The van der Waals surface area contributed by atoms with Gasteiger partial charge in [-0.15, -0.1) is 0 Å². The van der Waals surface area contributed by atoms with E-state index in [1.54, 1.807) is 41.3 Å². The highest BCUT2D eigenvalue weighted by molar-refractivity contribution is 8.18. The third kappa shape index (κ3) is 6.06. The van der Waals surface area contributed by atoms with E-state index in [0.29, 0.717) is 34.5 Å². The van der Waals surface area contributed by atoms with E-state index < -0.39 is 16.1 Å². The Morgan fingerprint density at radius 2 is 1.89 bits per heavy atom. The van der Waals surface area contributed by atoms with Crippen LogP contribution in [0.1, 0.15) is 25.3 Å². The third-order valence-corrected chi connectivity index (χ3v) is 8.05. The zero-order valence-corrected chi connectivity index (χ0v) is 21.2. The summed E-state index contributed by atoms with van der Waals surface area (Å²) in [5.74, 6) is -0.264. The molecule has 0 aromatic heterocycles. The second kappa shape index (κ2) is 10.8. The van der Waals surface area contributed by atoms with Gasteiger partial charge in [0.1, 0.15) is 6.54 Å². The largest absolute Gasteiger partial charge is 0.341 e. The van der Waals surface area contributed by atoms with Crippen LogP contribution in [0.15, 0.2) is 57.2 Å². The maximum Gasteiger partial charge on any atom is 0.294 e. The molecule has 0 bridgehead atoms. The molecule has 182 valence electrons. The predicted molar refractivity (Wildman–Crippen MR) is 136 cm³/mol. The van der Waals surface area contributed by atoms with Crippen molar-refractivity contribution in [3.05, 3.63) is 68.1 Å². The van der Waals surface area contributed by atoms with Crippen molar-refractivity contribution in [3.63, 3.8) is 0 Å². The molecule has 4 rings (SSSR count). The summed E-state index contributed by atoms with van der Waals surface area (Å²) in [6.45, 7) is 3.08. The van der Waals surface area contributed by atoms with E-state index in [2.05, 4.69) is 6.92 Å². The average Bonchev–Trinajstić information content (AvgIpc) is 3.09. The Kier molecular flexibility index (Phi) is 7.83. The summed E-state index contributed by atoms with van der Waals surface area (Å²) >= 11 is 7.86. The van der Waals surface area contributed by atoms with E-state index >= 15 is 0 Å². The number of nitro groups is 1. The number of imide groups is 1. The molecule has 2 saturated heterocycles. The van der Waals surface area contributed by atoms with Crippen LogP contribution < -0.4 is 0 Å². The van der Waals surface area contributed by atoms with E-state index in [9.17, 15) is 24.5 Å². The first-order valence-corrected chi connectivity index (χ1v) is 13.0. The van der Waals surface area contributed by atoms with Gasteiger partial charge in [0.15, 0.2) is 0 Å². The minimum Gasteiger partial charge on any atom is -0.341 e. The first kappa shape index (κ1) is 25.3. The van der Waals surface area contributed by atoms with Gasteiger partial charge in [-0.3, -0.25) is 29.4 Å². The Morgan fingerprint density at radius 1 is 1.20 bits per heavy atom. The van der Waals surface area contributed by atoms with Crippen LogP contribution in [-0.2, 0) is 9.59 Å². The summed E-state index contributed by atoms with van der Waals surface area (Å²) in [6.07, 6.45) is 3.25. The van der Waals surface area contributed by atoms with Crippen molar-refractivity contribution in [2.24, 2.45) is 5.92 Å². The van der Waals surface area contributed by atoms with Gasteiger partial charge in [-0.05, 0) is 72.5 Å². The van der Waals surface area contributed by atoms with Crippen LogP contribution in [0, 0.1) is 16.0 Å². The van der Waals surface area contributed by atoms with Gasteiger partial charge >= 0.3 is 0 Å². The summed E-state index contributed by atoms with van der Waals surface area (Å²) < 4.78 is 0. The van der Waals surface area contributed by atoms with Gasteiger partial charge in [-0.1, -0.05) is 36.4 Å². The summed E-state index contributed by atoms with van der Waals surface area (Å²) in [6, 6.07) is 11.6. The predicted octanol–water partition coefficient (Wildman–Crippen LogP) is 5.69. The number of nitrogens with zero attached hydrogens (tertiary/aromatic N) is 3. The van der Waals surface area contributed by atoms with E-state index in [-0.39, 0.29) is 23.0 Å². The minimum absolute atomic E-state index is 0.118. The second-order valence-corrected chi connectivity index (χ2v) is 10.9. The number of likely N-dealkylation sites (tertiary alicyclic amines) is 1. The molecular weight excluding hydrogens is 510 g/mol. The van der Waals surface area contributed by atoms with Crippen LogP contribution in [0.25, 0.3) is 6.08 Å². The van der Waals surface area contributed by atoms with Crippen LogP contribution in [0.3, 0.4) is 0 Å². The summed E-state index contributed by atoms with van der Waals surface area (Å²) in [7, 11) is 0. The first-order valence-electron chi connectivity index (χ1n) is 11.0. The number of benzene rings is 2. The number of hydrogen-bond acceptors (Lipinski definition) is 7. The fourth-order valence-corrected chi connectivity index (χ4v) is 5.63. The molecule has 0 saturated carbocycles. The number of nitro benzene ring substituents is 1. The topological polar surface area (TPSA) is 101 Å². The highest BCUT2D eigenvalue weighted by Crippen LogP contribution is 2.37. The van der Waals surface area contributed by atoms with Gasteiger partial charge in [-0.2, -0.15) is 0 Å². The fraction of sp³-hybridized carbons (Fsp3) is 0.292. The summed E-state index contributed by atoms with van der Waals surface area (Å²) in [5, 5.41) is 11.7. The van der Waals surface area contributed by atoms with Gasteiger partial charge < -0.3 is 4.90 Å². The second-order valence-electron chi connectivity index (χ2n) is 8.37. The summed E-state index contributed by atoms with van der Waals surface area (Å²) in [4.78, 5) is 53.1. The monoisotopic (exact) mass is 531 g/mol. The van der Waals surface area contributed by atoms with E-state index in [1.807, 2.05) is 0 Å². The minimum atomic E-state index is -0.569. The van der Waals surface area contributed by atoms with E-state index in [1.165, 1.54) is 23.9 Å². The molecule has 2 aliphatic rings. The highest BCUT2D eigenvalue weighted by Gasteiger charge is 2.37. The van der Waals surface area contributed by atoms with Crippen LogP contribution >= 0.6 is 35.1 Å². The Morgan fingerprint density at radius 3 is 2.54 bits per heavy atom. The van der Waals surface area contributed by atoms with E-state index in [4.69, 9.17) is 11.6 Å². The summed E-state index contributed by atoms with van der Waals surface area (Å²) in [5.41, 5.74) is 0.298. The number of amides is 3. The molecule has 8 nitrogen and oxygen atoms in total. The van der Waals surface area contributed by atoms with Crippen molar-refractivity contribution in [3.8, 4) is 0 Å². The van der Waals surface area contributed by atoms with E-state index in [0.717, 1.165) is 34.4 Å². The van der Waals surface area contributed by atoms with Crippen molar-refractivity contribution in [2.45, 2.75) is 29.6 Å². The lowest BCUT2D eigenvalue weighted by molar-refractivity contribution is -0.387. The SMILES string of the molecule is CC1CCN(C(=O)CN2C(=O)S/C(=C\c3ccc(Sc4ccc(Cl)cc4)c([N+](=O)[O-])c3)C2=O)CC1. The zero-order chi connectivity index (χ0) is 25.1. The highest BCUT2D eigenvalue weighted by atomic mass is 35.5. The van der Waals surface area contributed by atoms with Gasteiger partial charge in [0.05, 0.1) is 14.7 Å². The number of hydrogen-bond donors (Lipinski definition) is 0. The molecule has 0 unspecified atom stereocenters. The van der Waals surface area contributed by atoms with Crippen molar-refractivity contribution >= 4 is 63.9 Å². The maximum atomic E-state index is 12.8. The molecule has 0 aliphatic carbocycles. The van der Waals surface area contributed by atoms with Crippen LogP contribution in [0.4, 0.5) is 10.5 Å². The lowest BCUT2D eigenvalue weighted by Gasteiger charge is -2.31. The molecular formula is C24H22ClN3O5S2. The van der Waals surface area contributed by atoms with Gasteiger partial charge in [0, 0.05) is 29.1 Å². The zero-order valence-electron chi connectivity index (χ0n) is 18.8. The van der Waals surface area contributed by atoms with Crippen LogP contribution in [0.5, 0.6) is 0 Å². The Hall–Kier alpha value is -2.82. The fourth-order valence-electron chi connectivity index (χ4n) is 3.76. The molecule has 2 aromatic rings. The molecule has 2 fully saturated rings. The Labute approximate surface area is 215 Å². The van der Waals surface area contributed by atoms with Crippen molar-refractivity contribution < 1.29 is 19.3 Å². The number of halogens is 1. The molecule has 0 spiro atoms. The number of carbonyl (C=O) groups excluding carboxylic acids is 3. The number of thioether (sulfide) groups is 1. The normalized spacial score (nSPS) is 17.9. The Bertz CT molecular complexity index is 1210. The molecule has 2 aliphatic heterocycles. The molecule has 0 N–H and O–H groups in total. The standard InChI is InChI=1S/C24H22ClN3O5S2/c1-15-8-10-26(11-9-15)22(29)14-27-23(30)21(35-24(27)31)13-16-2-7-20(19(12-16)28(32)33)34-18-5-3-17(25)4-6-18/h2-7,12-13,15H,8-11,14H2,1H3/b21-13-. The number of piperidine rings is 1. The van der Waals surface area contributed by atoms with Gasteiger partial charge in [-0.25, -0.2) is 0 Å². The molecule has 3 amide bonds. The number of carbonyl (C=O) groups is 3. The molecule has 35 heavy (non-hydrogen) atoms. The lowest BCUT2D eigenvalue weighted by atomic mass is 9.99. The number of rotatable bonds is 6. The quantitative estimate of drug-likeness (QED) is 0.268. The molecule has 0 atom stereocenters. The van der Waals surface area contributed by atoms with Gasteiger partial charge in [0.25, 0.3) is 16.8 Å². The van der Waals surface area contributed by atoms with Gasteiger partial charge in [0.2, 0.25) is 5.91 Å². The molecule has 11 heteroatoms. The van der Waals surface area contributed by atoms with Crippen molar-refractivity contribution in [1.29, 1.82) is 0 Å². The first-order chi connectivity index (χ1) is 16.7. The van der Waals surface area contributed by atoms with Crippen LogP contribution in [0.2, 0.25) is 5.02 Å². The Balaban J connectivity index is 1.49. The smallest absolute Gasteiger partial charge is 0.294 e. The average molecular weight is 532 g/mol.